The lowest BCUT2D eigenvalue weighted by molar-refractivity contribution is 0.170. The summed E-state index contributed by atoms with van der Waals surface area (Å²) in [6.07, 6.45) is 4.70. The summed E-state index contributed by atoms with van der Waals surface area (Å²) in [4.78, 5) is 6.82. The second-order valence-electron chi connectivity index (χ2n) is 5.96. The first-order chi connectivity index (χ1) is 7.88. The van der Waals surface area contributed by atoms with E-state index in [1.807, 2.05) is 0 Å². The molecule has 0 radical (unpaired) electrons. The predicted octanol–water partition coefficient (Wildman–Crippen LogP) is 2.11. The van der Waals surface area contributed by atoms with Gasteiger partial charge in [0, 0.05) is 24.3 Å². The smallest absolute Gasteiger partial charge is 0.203 e. The maximum absolute atomic E-state index is 4.57. The van der Waals surface area contributed by atoms with Crippen LogP contribution in [0, 0.1) is 6.92 Å². The fourth-order valence-corrected chi connectivity index (χ4v) is 1.75. The summed E-state index contributed by atoms with van der Waals surface area (Å²) in [7, 11) is 4.25. The third-order valence-corrected chi connectivity index (χ3v) is 3.58. The number of aryl methyl sites for hydroxylation is 1. The highest BCUT2D eigenvalue weighted by atomic mass is 15.3. The minimum atomic E-state index is 0.132. The lowest BCUT2D eigenvalue weighted by atomic mass is 10.0. The van der Waals surface area contributed by atoms with Gasteiger partial charge in [-0.3, -0.25) is 0 Å². The van der Waals surface area contributed by atoms with Gasteiger partial charge in [0.25, 0.3) is 0 Å². The molecule has 4 heteroatoms. The van der Waals surface area contributed by atoms with E-state index >= 15 is 0 Å². The van der Waals surface area contributed by atoms with Crippen LogP contribution in [0.5, 0.6) is 0 Å². The Balaban J connectivity index is 2.13. The number of rotatable bonds is 5. The molecule has 0 aromatic carbocycles. The van der Waals surface area contributed by atoms with E-state index in [1.54, 1.807) is 0 Å². The number of nitrogens with zero attached hydrogens (tertiary/aromatic N) is 3. The van der Waals surface area contributed by atoms with Crippen LogP contribution >= 0.6 is 0 Å². The highest BCUT2D eigenvalue weighted by Gasteiger charge is 2.26. The van der Waals surface area contributed by atoms with Crippen molar-refractivity contribution < 1.29 is 0 Å². The molecule has 0 bridgehead atoms. The highest BCUT2D eigenvalue weighted by molar-refractivity contribution is 5.32. The molecule has 0 atom stereocenters. The molecule has 0 amide bonds. The Morgan fingerprint density at radius 3 is 2.65 bits per heavy atom. The topological polar surface area (TPSA) is 33.1 Å². The van der Waals surface area contributed by atoms with E-state index < -0.39 is 0 Å². The largest absolute Gasteiger partial charge is 0.353 e. The molecular weight excluding hydrogens is 212 g/mol. The molecule has 0 aliphatic heterocycles. The van der Waals surface area contributed by atoms with E-state index in [0.29, 0.717) is 6.04 Å². The molecule has 0 spiro atoms. The zero-order valence-electron chi connectivity index (χ0n) is 11.6. The van der Waals surface area contributed by atoms with Gasteiger partial charge in [0.15, 0.2) is 0 Å². The van der Waals surface area contributed by atoms with Crippen LogP contribution in [-0.2, 0) is 6.54 Å². The van der Waals surface area contributed by atoms with Crippen LogP contribution in [0.15, 0.2) is 6.20 Å². The number of nitrogens with one attached hydrogen (secondary N) is 1. The van der Waals surface area contributed by atoms with Gasteiger partial charge < -0.3 is 14.8 Å². The Morgan fingerprint density at radius 2 is 2.12 bits per heavy atom. The summed E-state index contributed by atoms with van der Waals surface area (Å²) in [5.74, 6) is 1.03. The lowest BCUT2D eigenvalue weighted by Gasteiger charge is -2.33. The van der Waals surface area contributed by atoms with Crippen molar-refractivity contribution in [3.8, 4) is 0 Å². The summed E-state index contributed by atoms with van der Waals surface area (Å²) in [6.45, 7) is 7.51. The standard InChI is InChI=1S/C13H24N4/c1-10-8-17(9-13(2,3)16(4)5)12(14-10)15-11-6-7-11/h8,11H,6-7,9H2,1-5H3,(H,14,15). The quantitative estimate of drug-likeness (QED) is 0.850. The van der Waals surface area contributed by atoms with Crippen LogP contribution in [0.1, 0.15) is 32.4 Å². The van der Waals surface area contributed by atoms with Crippen molar-refractivity contribution in [3.05, 3.63) is 11.9 Å². The molecule has 96 valence electrons. The van der Waals surface area contributed by atoms with E-state index in [1.165, 1.54) is 12.8 Å². The van der Waals surface area contributed by atoms with Gasteiger partial charge >= 0.3 is 0 Å². The molecule has 0 unspecified atom stereocenters. The summed E-state index contributed by atoms with van der Waals surface area (Å²) >= 11 is 0. The Hall–Kier alpha value is -1.03. The number of hydrogen-bond donors (Lipinski definition) is 1. The van der Waals surface area contributed by atoms with Gasteiger partial charge in [0.1, 0.15) is 0 Å². The minimum Gasteiger partial charge on any atom is -0.353 e. The van der Waals surface area contributed by atoms with E-state index in [4.69, 9.17) is 0 Å². The van der Waals surface area contributed by atoms with Gasteiger partial charge in [-0.1, -0.05) is 0 Å². The van der Waals surface area contributed by atoms with Crippen molar-refractivity contribution in [3.63, 3.8) is 0 Å². The van der Waals surface area contributed by atoms with Crippen molar-refractivity contribution in [2.45, 2.75) is 51.7 Å². The molecule has 1 aliphatic carbocycles. The van der Waals surface area contributed by atoms with E-state index in [9.17, 15) is 0 Å². The number of likely N-dealkylation sites (N-methyl/N-ethyl adjacent to an activating group) is 1. The molecule has 2 rings (SSSR count). The van der Waals surface area contributed by atoms with E-state index in [-0.39, 0.29) is 5.54 Å². The molecule has 1 fully saturated rings. The molecular formula is C13H24N4. The monoisotopic (exact) mass is 236 g/mol. The first-order valence-electron chi connectivity index (χ1n) is 6.36. The third kappa shape index (κ3) is 3.00. The maximum Gasteiger partial charge on any atom is 0.203 e. The summed E-state index contributed by atoms with van der Waals surface area (Å²) in [6, 6.07) is 0.651. The maximum atomic E-state index is 4.57. The lowest BCUT2D eigenvalue weighted by Crippen LogP contribution is -2.42. The van der Waals surface area contributed by atoms with Crippen LogP contribution in [0.2, 0.25) is 0 Å². The predicted molar refractivity (Wildman–Crippen MR) is 71.4 cm³/mol. The zero-order chi connectivity index (χ0) is 12.6. The van der Waals surface area contributed by atoms with Gasteiger partial charge in [0.05, 0.1) is 5.69 Å². The first kappa shape index (κ1) is 12.4. The van der Waals surface area contributed by atoms with Gasteiger partial charge in [-0.05, 0) is 47.7 Å². The minimum absolute atomic E-state index is 0.132. The molecule has 17 heavy (non-hydrogen) atoms. The zero-order valence-corrected chi connectivity index (χ0v) is 11.6. The molecule has 4 nitrogen and oxygen atoms in total. The van der Waals surface area contributed by atoms with Crippen molar-refractivity contribution in [1.29, 1.82) is 0 Å². The van der Waals surface area contributed by atoms with Gasteiger partial charge in [-0.2, -0.15) is 0 Å². The van der Waals surface area contributed by atoms with Crippen LogP contribution < -0.4 is 5.32 Å². The fraction of sp³-hybridized carbons (Fsp3) is 0.769. The summed E-state index contributed by atoms with van der Waals surface area (Å²) in [5.41, 5.74) is 1.22. The van der Waals surface area contributed by atoms with Gasteiger partial charge in [-0.15, -0.1) is 0 Å². The number of aromatic nitrogens is 2. The SMILES string of the molecule is Cc1cn(CC(C)(C)N(C)C)c(NC2CC2)n1. The molecule has 1 aliphatic rings. The van der Waals surface area contributed by atoms with Crippen molar-refractivity contribution in [2.24, 2.45) is 0 Å². The normalized spacial score (nSPS) is 16.6. The van der Waals surface area contributed by atoms with Crippen molar-refractivity contribution in [2.75, 3.05) is 19.4 Å². The van der Waals surface area contributed by atoms with Crippen molar-refractivity contribution >= 4 is 5.95 Å². The Morgan fingerprint density at radius 1 is 1.47 bits per heavy atom. The Labute approximate surface area is 104 Å². The molecule has 1 aromatic rings. The fourth-order valence-electron chi connectivity index (χ4n) is 1.75. The number of hydrogen-bond acceptors (Lipinski definition) is 3. The average molecular weight is 236 g/mol. The highest BCUT2D eigenvalue weighted by Crippen LogP contribution is 2.25. The van der Waals surface area contributed by atoms with Crippen LogP contribution in [-0.4, -0.2) is 40.1 Å². The molecule has 1 aromatic heterocycles. The Kier molecular flexibility index (Phi) is 3.17. The first-order valence-corrected chi connectivity index (χ1v) is 6.36. The molecule has 0 saturated heterocycles. The van der Waals surface area contributed by atoms with Crippen LogP contribution in [0.3, 0.4) is 0 Å². The van der Waals surface area contributed by atoms with E-state index in [0.717, 1.165) is 18.2 Å². The number of imidazole rings is 1. The van der Waals surface area contributed by atoms with Gasteiger partial charge in [0.2, 0.25) is 5.95 Å². The summed E-state index contributed by atoms with van der Waals surface area (Å²) in [5, 5.41) is 3.50. The molecule has 1 saturated carbocycles. The van der Waals surface area contributed by atoms with Crippen LogP contribution in [0.25, 0.3) is 0 Å². The van der Waals surface area contributed by atoms with E-state index in [2.05, 4.69) is 60.8 Å². The van der Waals surface area contributed by atoms with Gasteiger partial charge in [-0.25, -0.2) is 4.98 Å². The van der Waals surface area contributed by atoms with Crippen LogP contribution in [0.4, 0.5) is 5.95 Å². The second kappa shape index (κ2) is 4.33. The average Bonchev–Trinajstić information content (AvgIpc) is 2.93. The molecule has 1 heterocycles. The number of anilines is 1. The Bertz CT molecular complexity index is 388. The van der Waals surface area contributed by atoms with Crippen molar-refractivity contribution in [1.82, 2.24) is 14.5 Å². The third-order valence-electron chi connectivity index (χ3n) is 3.58. The summed E-state index contributed by atoms with van der Waals surface area (Å²) < 4.78 is 2.24. The second-order valence-corrected chi connectivity index (χ2v) is 5.96. The molecule has 1 N–H and O–H groups in total.